The maximum Gasteiger partial charge on any atom is 0.315 e. The SMILES string of the molecule is COC(=O)[C@@]12[C@@H]3[C@@H]4CC[C@@H]5[C@@H]4[C@@H]4[C@@H]3[C@@H]3[C@H]([C@H]6CCC[C@H]6[C@@H]31)[C@]4(SC)[C@@]52O. The van der Waals surface area contributed by atoms with Crippen LogP contribution in [0.4, 0.5) is 0 Å². The fourth-order valence-electron chi connectivity index (χ4n) is 12.8. The van der Waals surface area contributed by atoms with Gasteiger partial charge in [0.25, 0.3) is 0 Å². The van der Waals surface area contributed by atoms with Crippen molar-refractivity contribution in [3.63, 3.8) is 0 Å². The minimum Gasteiger partial charge on any atom is -0.468 e. The molecule has 0 radical (unpaired) electrons. The van der Waals surface area contributed by atoms with Crippen LogP contribution in [-0.2, 0) is 9.53 Å². The molecule has 0 heterocycles. The Morgan fingerprint density at radius 3 is 2.38 bits per heavy atom. The lowest BCUT2D eigenvalue weighted by Crippen LogP contribution is -2.75. The lowest BCUT2D eigenvalue weighted by Gasteiger charge is -2.63. The van der Waals surface area contributed by atoms with Crippen molar-refractivity contribution < 1.29 is 14.6 Å². The Morgan fingerprint density at radius 2 is 1.65 bits per heavy atom. The Morgan fingerprint density at radius 1 is 0.962 bits per heavy atom. The Labute approximate surface area is 159 Å². The molecule has 140 valence electrons. The molecule has 1 N–H and O–H groups in total. The van der Waals surface area contributed by atoms with Crippen LogP contribution in [0.15, 0.2) is 0 Å². The highest BCUT2D eigenvalue weighted by Gasteiger charge is 3.02. The molecule has 0 aliphatic heterocycles. The third-order valence-electron chi connectivity index (χ3n) is 12.0. The normalized spacial score (nSPS) is 74.3. The second kappa shape index (κ2) is 3.79. The number of rotatable bonds is 2. The average Bonchev–Trinajstić information content (AvgIpc) is 3.40. The van der Waals surface area contributed by atoms with Gasteiger partial charge in [-0.05, 0) is 97.0 Å². The molecular weight excluding hydrogens is 344 g/mol. The van der Waals surface area contributed by atoms with Gasteiger partial charge in [-0.2, -0.15) is 11.8 Å². The molecule has 3 nitrogen and oxygen atoms in total. The number of ether oxygens (including phenoxy) is 1. The van der Waals surface area contributed by atoms with Crippen molar-refractivity contribution in [3.8, 4) is 0 Å². The molecule has 0 amide bonds. The predicted octanol–water partition coefficient (Wildman–Crippen LogP) is 2.82. The Hall–Kier alpha value is -0.220. The summed E-state index contributed by atoms with van der Waals surface area (Å²) in [5.74, 6) is 6.94. The molecule has 0 aromatic rings. The van der Waals surface area contributed by atoms with E-state index in [4.69, 9.17) is 4.74 Å². The van der Waals surface area contributed by atoms with E-state index in [9.17, 15) is 9.90 Å². The van der Waals surface area contributed by atoms with E-state index in [-0.39, 0.29) is 10.7 Å². The molecule has 9 fully saturated rings. The quantitative estimate of drug-likeness (QED) is 0.757. The van der Waals surface area contributed by atoms with Crippen LogP contribution in [0.1, 0.15) is 32.1 Å². The third-order valence-corrected chi connectivity index (χ3v) is 13.5. The van der Waals surface area contributed by atoms with E-state index < -0.39 is 11.0 Å². The predicted molar refractivity (Wildman–Crippen MR) is 97.1 cm³/mol. The number of carbonyl (C=O) groups is 1. The molecular formula is C22H28O3S. The number of aliphatic hydroxyl groups is 1. The van der Waals surface area contributed by atoms with Crippen LogP contribution in [-0.4, -0.2) is 34.8 Å². The van der Waals surface area contributed by atoms with Crippen LogP contribution in [0.2, 0.25) is 0 Å². The topological polar surface area (TPSA) is 46.5 Å². The molecule has 26 heavy (non-hydrogen) atoms. The summed E-state index contributed by atoms with van der Waals surface area (Å²) in [6.07, 6.45) is 8.67. The van der Waals surface area contributed by atoms with Crippen molar-refractivity contribution >= 4 is 17.7 Å². The van der Waals surface area contributed by atoms with E-state index in [1.54, 1.807) is 7.11 Å². The summed E-state index contributed by atoms with van der Waals surface area (Å²) in [5.41, 5.74) is -1.35. The second-order valence-electron chi connectivity index (χ2n) is 11.1. The number of esters is 1. The van der Waals surface area contributed by atoms with Crippen LogP contribution < -0.4 is 0 Å². The van der Waals surface area contributed by atoms with Gasteiger partial charge in [-0.15, -0.1) is 0 Å². The molecule has 9 saturated carbocycles. The largest absolute Gasteiger partial charge is 0.468 e. The van der Waals surface area contributed by atoms with E-state index in [1.165, 1.54) is 25.7 Å². The fraction of sp³-hybridized carbons (Fsp3) is 0.955. The number of fused-ring (bicyclic) bond motifs is 1. The lowest BCUT2D eigenvalue weighted by molar-refractivity contribution is -0.230. The van der Waals surface area contributed by atoms with E-state index in [2.05, 4.69) is 6.26 Å². The summed E-state index contributed by atoms with van der Waals surface area (Å²) < 4.78 is 5.55. The average molecular weight is 373 g/mol. The van der Waals surface area contributed by atoms with Gasteiger partial charge in [-0.25, -0.2) is 0 Å². The number of carbonyl (C=O) groups excluding carboxylic acids is 1. The van der Waals surface area contributed by atoms with Crippen LogP contribution >= 0.6 is 11.8 Å². The summed E-state index contributed by atoms with van der Waals surface area (Å²) in [7, 11) is 1.59. The molecule has 0 spiro atoms. The van der Waals surface area contributed by atoms with Crippen molar-refractivity contribution in [3.05, 3.63) is 0 Å². The van der Waals surface area contributed by atoms with Crippen LogP contribution in [0, 0.1) is 70.5 Å². The highest BCUT2D eigenvalue weighted by Crippen LogP contribution is 2.98. The zero-order valence-electron chi connectivity index (χ0n) is 15.6. The lowest BCUT2D eigenvalue weighted by atomic mass is 9.46. The summed E-state index contributed by atoms with van der Waals surface area (Å²) in [6.45, 7) is 0. The number of methoxy groups -OCH3 is 1. The zero-order valence-corrected chi connectivity index (χ0v) is 16.4. The Balaban J connectivity index is 1.53. The number of thioether (sulfide) groups is 1. The fourth-order valence-corrected chi connectivity index (χ4v) is 14.6. The minimum atomic E-state index is -0.789. The zero-order chi connectivity index (χ0) is 17.4. The second-order valence-corrected chi connectivity index (χ2v) is 12.1. The Kier molecular flexibility index (Phi) is 2.15. The molecule has 9 aliphatic rings. The maximum absolute atomic E-state index is 13.7. The first-order valence-corrected chi connectivity index (χ1v) is 12.2. The van der Waals surface area contributed by atoms with E-state index in [1.807, 2.05) is 11.8 Å². The van der Waals surface area contributed by atoms with Gasteiger partial charge in [-0.1, -0.05) is 6.42 Å². The summed E-state index contributed by atoms with van der Waals surface area (Å²) >= 11 is 1.99. The molecule has 9 bridgehead atoms. The molecule has 0 unspecified atom stereocenters. The molecule has 9 rings (SSSR count). The first-order chi connectivity index (χ1) is 12.6. The van der Waals surface area contributed by atoms with Gasteiger partial charge in [0.15, 0.2) is 0 Å². The van der Waals surface area contributed by atoms with Crippen molar-refractivity contribution in [1.82, 2.24) is 0 Å². The van der Waals surface area contributed by atoms with Gasteiger partial charge in [0.1, 0.15) is 5.41 Å². The monoisotopic (exact) mass is 372 g/mol. The maximum atomic E-state index is 13.7. The van der Waals surface area contributed by atoms with Gasteiger partial charge < -0.3 is 9.84 Å². The smallest absolute Gasteiger partial charge is 0.315 e. The molecule has 0 saturated heterocycles. The first-order valence-electron chi connectivity index (χ1n) is 11.0. The summed E-state index contributed by atoms with van der Waals surface area (Å²) in [5, 5.41) is 12.8. The highest BCUT2D eigenvalue weighted by atomic mass is 32.2. The molecule has 14 atom stereocenters. The minimum absolute atomic E-state index is 0.0115. The van der Waals surface area contributed by atoms with Crippen molar-refractivity contribution in [2.24, 2.45) is 70.5 Å². The van der Waals surface area contributed by atoms with E-state index in [0.717, 1.165) is 24.2 Å². The molecule has 9 aliphatic carbocycles. The van der Waals surface area contributed by atoms with Gasteiger partial charge >= 0.3 is 5.97 Å². The third kappa shape index (κ3) is 0.890. The van der Waals surface area contributed by atoms with Gasteiger partial charge in [0.05, 0.1) is 17.5 Å². The van der Waals surface area contributed by atoms with Gasteiger partial charge in [0.2, 0.25) is 0 Å². The van der Waals surface area contributed by atoms with Crippen molar-refractivity contribution in [2.45, 2.75) is 42.5 Å². The molecule has 0 aromatic heterocycles. The summed E-state index contributed by atoms with van der Waals surface area (Å²) in [4.78, 5) is 13.7. The first kappa shape index (κ1) is 14.7. The number of hydrogen-bond donors (Lipinski definition) is 1. The van der Waals surface area contributed by atoms with Gasteiger partial charge in [-0.3, -0.25) is 4.79 Å². The summed E-state index contributed by atoms with van der Waals surface area (Å²) in [6, 6.07) is 0. The highest BCUT2D eigenvalue weighted by molar-refractivity contribution is 8.00. The standard InChI is InChI=1S/C22H28O3S/c1-25-19(23)20-15-8-4-3-5-9(8)17-13(15)14-16(20)10-6-7-11-12(10)18(14)21(17,26-2)22(11,20)24/h8-18,24H,3-7H2,1-2H3/t8-,9+,10-,11-,12-,13+,14-,15+,16-,17+,18-,20+,21-,22-/m1/s1. The van der Waals surface area contributed by atoms with Gasteiger partial charge in [0, 0.05) is 0 Å². The number of hydrogen-bond acceptors (Lipinski definition) is 4. The van der Waals surface area contributed by atoms with Crippen LogP contribution in [0.3, 0.4) is 0 Å². The van der Waals surface area contributed by atoms with E-state index in [0.29, 0.717) is 47.3 Å². The molecule has 0 aromatic carbocycles. The van der Waals surface area contributed by atoms with E-state index >= 15 is 0 Å². The van der Waals surface area contributed by atoms with Crippen molar-refractivity contribution in [1.29, 1.82) is 0 Å². The van der Waals surface area contributed by atoms with Crippen LogP contribution in [0.5, 0.6) is 0 Å². The van der Waals surface area contributed by atoms with Crippen molar-refractivity contribution in [2.75, 3.05) is 13.4 Å². The Bertz CT molecular complexity index is 783. The van der Waals surface area contributed by atoms with Crippen LogP contribution in [0.25, 0.3) is 0 Å². The molecule has 4 heteroatoms.